The van der Waals surface area contributed by atoms with Gasteiger partial charge < -0.3 is 35.0 Å². The molecule has 0 saturated heterocycles. The topological polar surface area (TPSA) is 137 Å². The molecule has 0 aliphatic carbocycles. The van der Waals surface area contributed by atoms with E-state index >= 15 is 0 Å². The Morgan fingerprint density at radius 2 is 1.59 bits per heavy atom. The predicted octanol–water partition coefficient (Wildman–Crippen LogP) is -1.71. The van der Waals surface area contributed by atoms with Crippen molar-refractivity contribution >= 4 is 5.97 Å². The number of rotatable bonds is 8. The third-order valence-electron chi connectivity index (χ3n) is 3.04. The van der Waals surface area contributed by atoms with Gasteiger partial charge in [-0.1, -0.05) is 0 Å². The van der Waals surface area contributed by atoms with Gasteiger partial charge in [0.1, 0.15) is 36.8 Å². The van der Waals surface area contributed by atoms with Crippen LogP contribution in [0.5, 0.6) is 5.75 Å². The molecule has 5 N–H and O–H groups in total. The summed E-state index contributed by atoms with van der Waals surface area (Å²) < 4.78 is 9.74. The van der Waals surface area contributed by atoms with E-state index in [1.54, 1.807) is 12.1 Å². The summed E-state index contributed by atoms with van der Waals surface area (Å²) in [5.41, 5.74) is 0.221. The Labute approximate surface area is 127 Å². The molecule has 1 rings (SSSR count). The lowest BCUT2D eigenvalue weighted by atomic mass is 10.0. The molecule has 8 heteroatoms. The van der Waals surface area contributed by atoms with E-state index in [9.17, 15) is 20.1 Å². The fourth-order valence-corrected chi connectivity index (χ4v) is 1.63. The van der Waals surface area contributed by atoms with Gasteiger partial charge in [-0.15, -0.1) is 0 Å². The van der Waals surface area contributed by atoms with Crippen LogP contribution in [0.2, 0.25) is 0 Å². The van der Waals surface area contributed by atoms with Crippen LogP contribution in [0.4, 0.5) is 0 Å². The minimum Gasteiger partial charge on any atom is -0.497 e. The summed E-state index contributed by atoms with van der Waals surface area (Å²) in [4.78, 5) is 11.7. The number of aliphatic hydroxyl groups is 5. The van der Waals surface area contributed by atoms with Crippen LogP contribution in [0.15, 0.2) is 24.3 Å². The maximum atomic E-state index is 11.7. The molecule has 4 atom stereocenters. The van der Waals surface area contributed by atoms with Gasteiger partial charge in [-0.25, -0.2) is 4.79 Å². The third kappa shape index (κ3) is 4.93. The highest BCUT2D eigenvalue weighted by atomic mass is 16.5. The number of aliphatic hydroxyl groups excluding tert-OH is 5. The minimum absolute atomic E-state index is 0.221. The van der Waals surface area contributed by atoms with Gasteiger partial charge in [0.15, 0.2) is 0 Å². The lowest BCUT2D eigenvalue weighted by Crippen LogP contribution is -2.47. The molecule has 0 saturated carbocycles. The van der Waals surface area contributed by atoms with Crippen LogP contribution >= 0.6 is 0 Å². The first-order chi connectivity index (χ1) is 10.4. The molecule has 0 unspecified atom stereocenters. The number of benzene rings is 1. The van der Waals surface area contributed by atoms with Crippen molar-refractivity contribution in [1.82, 2.24) is 0 Å². The number of methoxy groups -OCH3 is 1. The Morgan fingerprint density at radius 3 is 2.09 bits per heavy atom. The first kappa shape index (κ1) is 18.3. The van der Waals surface area contributed by atoms with Crippen LogP contribution in [0, 0.1) is 0 Å². The highest BCUT2D eigenvalue weighted by Gasteiger charge is 2.30. The second-order valence-electron chi connectivity index (χ2n) is 4.63. The summed E-state index contributed by atoms with van der Waals surface area (Å²) >= 11 is 0. The van der Waals surface area contributed by atoms with Gasteiger partial charge in [0.2, 0.25) is 0 Å². The second kappa shape index (κ2) is 8.66. The van der Waals surface area contributed by atoms with Gasteiger partial charge in [-0.2, -0.15) is 0 Å². The Bertz CT molecular complexity index is 460. The van der Waals surface area contributed by atoms with Gasteiger partial charge in [0, 0.05) is 0 Å². The van der Waals surface area contributed by atoms with Crippen molar-refractivity contribution in [3.8, 4) is 5.75 Å². The Hall–Kier alpha value is -1.71. The molecule has 1 aromatic carbocycles. The van der Waals surface area contributed by atoms with Crippen molar-refractivity contribution < 1.29 is 39.8 Å². The lowest BCUT2D eigenvalue weighted by Gasteiger charge is -2.25. The van der Waals surface area contributed by atoms with Crippen LogP contribution in [0.25, 0.3) is 0 Å². The zero-order chi connectivity index (χ0) is 16.7. The number of hydrogen-bond donors (Lipinski definition) is 5. The smallest absolute Gasteiger partial charge is 0.338 e. The van der Waals surface area contributed by atoms with E-state index in [-0.39, 0.29) is 5.56 Å². The summed E-state index contributed by atoms with van der Waals surface area (Å²) in [5, 5.41) is 46.4. The molecule has 0 radical (unpaired) electrons. The van der Waals surface area contributed by atoms with E-state index in [4.69, 9.17) is 19.7 Å². The maximum Gasteiger partial charge on any atom is 0.338 e. The average Bonchev–Trinajstić information content (AvgIpc) is 2.57. The highest BCUT2D eigenvalue weighted by molar-refractivity contribution is 5.89. The molecule has 0 fully saturated rings. The molecular formula is C14H20O8. The Kier molecular flexibility index (Phi) is 7.22. The SMILES string of the molecule is COc1ccc(C(=O)OC[C@@H](O)[C@@H](O)[C@H](O)[C@@H](O)CO)cc1. The van der Waals surface area contributed by atoms with E-state index in [2.05, 4.69) is 0 Å². The molecule has 1 aromatic rings. The maximum absolute atomic E-state index is 11.7. The molecule has 0 aliphatic rings. The Morgan fingerprint density at radius 1 is 1.05 bits per heavy atom. The van der Waals surface area contributed by atoms with Crippen LogP contribution in [-0.2, 0) is 4.74 Å². The molecule has 0 aliphatic heterocycles. The summed E-state index contributed by atoms with van der Waals surface area (Å²) in [7, 11) is 1.48. The lowest BCUT2D eigenvalue weighted by molar-refractivity contribution is -0.124. The van der Waals surface area contributed by atoms with E-state index in [0.29, 0.717) is 5.75 Å². The van der Waals surface area contributed by atoms with E-state index in [0.717, 1.165) is 0 Å². The third-order valence-corrected chi connectivity index (χ3v) is 3.04. The number of carbonyl (C=O) groups excluding carboxylic acids is 1. The van der Waals surface area contributed by atoms with E-state index in [1.165, 1.54) is 19.2 Å². The molecule has 8 nitrogen and oxygen atoms in total. The van der Waals surface area contributed by atoms with Crippen LogP contribution in [0.3, 0.4) is 0 Å². The van der Waals surface area contributed by atoms with Gasteiger partial charge in [-0.05, 0) is 24.3 Å². The number of carbonyl (C=O) groups is 1. The fraction of sp³-hybridized carbons (Fsp3) is 0.500. The fourth-order valence-electron chi connectivity index (χ4n) is 1.63. The monoisotopic (exact) mass is 316 g/mol. The standard InChI is InChI=1S/C14H20O8/c1-21-9-4-2-8(3-5-9)14(20)22-7-11(17)13(19)12(18)10(16)6-15/h2-5,10-13,15-19H,6-7H2,1H3/t10-,11+,12+,13+/m0/s1. The summed E-state index contributed by atoms with van der Waals surface area (Å²) in [6.45, 7) is -1.36. The predicted molar refractivity (Wildman–Crippen MR) is 74.4 cm³/mol. The first-order valence-electron chi connectivity index (χ1n) is 6.55. The molecule has 124 valence electrons. The molecule has 22 heavy (non-hydrogen) atoms. The number of ether oxygens (including phenoxy) is 2. The number of hydrogen-bond acceptors (Lipinski definition) is 8. The van der Waals surface area contributed by atoms with E-state index in [1.807, 2.05) is 0 Å². The van der Waals surface area contributed by atoms with Gasteiger partial charge in [0.25, 0.3) is 0 Å². The quantitative estimate of drug-likeness (QED) is 0.358. The number of esters is 1. The largest absolute Gasteiger partial charge is 0.497 e. The highest BCUT2D eigenvalue weighted by Crippen LogP contribution is 2.13. The molecule has 0 spiro atoms. The van der Waals surface area contributed by atoms with Gasteiger partial charge in [-0.3, -0.25) is 0 Å². The van der Waals surface area contributed by atoms with Crippen molar-refractivity contribution in [2.45, 2.75) is 24.4 Å². The zero-order valence-electron chi connectivity index (χ0n) is 12.0. The van der Waals surface area contributed by atoms with Crippen molar-refractivity contribution in [2.75, 3.05) is 20.3 Å². The second-order valence-corrected chi connectivity index (χ2v) is 4.63. The van der Waals surface area contributed by atoms with Crippen molar-refractivity contribution in [1.29, 1.82) is 0 Å². The van der Waals surface area contributed by atoms with Crippen molar-refractivity contribution in [3.63, 3.8) is 0 Å². The molecule has 0 bridgehead atoms. The average molecular weight is 316 g/mol. The molecule has 0 amide bonds. The van der Waals surface area contributed by atoms with Crippen molar-refractivity contribution in [3.05, 3.63) is 29.8 Å². The van der Waals surface area contributed by atoms with Crippen LogP contribution in [-0.4, -0.2) is 76.2 Å². The van der Waals surface area contributed by atoms with Gasteiger partial charge >= 0.3 is 5.97 Å². The van der Waals surface area contributed by atoms with Crippen molar-refractivity contribution in [2.24, 2.45) is 0 Å². The Balaban J connectivity index is 2.51. The van der Waals surface area contributed by atoms with Crippen LogP contribution in [0.1, 0.15) is 10.4 Å². The van der Waals surface area contributed by atoms with Crippen LogP contribution < -0.4 is 4.74 Å². The summed E-state index contributed by atoms with van der Waals surface area (Å²) in [5.74, 6) is -0.167. The molecule has 0 aromatic heterocycles. The molecular weight excluding hydrogens is 296 g/mol. The zero-order valence-corrected chi connectivity index (χ0v) is 12.0. The normalized spacial score (nSPS) is 16.5. The summed E-state index contributed by atoms with van der Waals surface area (Å²) in [6.07, 6.45) is -6.76. The van der Waals surface area contributed by atoms with E-state index < -0.39 is 43.6 Å². The minimum atomic E-state index is -1.77. The van der Waals surface area contributed by atoms with Gasteiger partial charge in [0.05, 0.1) is 19.3 Å². The first-order valence-corrected chi connectivity index (χ1v) is 6.55. The molecule has 0 heterocycles. The summed E-state index contributed by atoms with van der Waals surface area (Å²) in [6, 6.07) is 6.05.